The van der Waals surface area contributed by atoms with E-state index in [0.29, 0.717) is 24.4 Å². The number of ketones is 1. The Morgan fingerprint density at radius 2 is 1.86 bits per heavy atom. The molecular weight excluding hydrogens is 354 g/mol. The average Bonchev–Trinajstić information content (AvgIpc) is 2.73. The van der Waals surface area contributed by atoms with Gasteiger partial charge in [0.2, 0.25) is 5.95 Å². The molecule has 0 amide bonds. The lowest BCUT2D eigenvalue weighted by Gasteiger charge is -2.25. The van der Waals surface area contributed by atoms with Crippen molar-refractivity contribution in [2.45, 2.75) is 18.8 Å². The first-order valence-corrected chi connectivity index (χ1v) is 9.11. The van der Waals surface area contributed by atoms with Crippen molar-refractivity contribution in [3.8, 4) is 11.5 Å². The van der Waals surface area contributed by atoms with Crippen molar-refractivity contribution in [1.82, 2.24) is 9.97 Å². The smallest absolute Gasteiger partial charge is 0.227 e. The number of Topliss-reactive ketones (excluding diaryl/α,β-unsaturated/α-hetero) is 1. The molecule has 0 bridgehead atoms. The number of nitrogens with one attached hydrogen (secondary N) is 1. The number of fused-ring (bicyclic) bond motifs is 1. The van der Waals surface area contributed by atoms with Gasteiger partial charge in [0.15, 0.2) is 5.78 Å². The van der Waals surface area contributed by atoms with Gasteiger partial charge in [0.25, 0.3) is 0 Å². The monoisotopic (exact) mass is 375 g/mol. The van der Waals surface area contributed by atoms with Crippen molar-refractivity contribution in [3.05, 3.63) is 71.5 Å². The minimum Gasteiger partial charge on any atom is -0.497 e. The van der Waals surface area contributed by atoms with Crippen LogP contribution in [-0.4, -0.2) is 30.0 Å². The van der Waals surface area contributed by atoms with Crippen LogP contribution in [0, 0.1) is 0 Å². The largest absolute Gasteiger partial charge is 0.497 e. The molecule has 0 saturated heterocycles. The zero-order chi connectivity index (χ0) is 19.5. The van der Waals surface area contributed by atoms with E-state index in [2.05, 4.69) is 15.3 Å². The maximum absolute atomic E-state index is 12.7. The second kappa shape index (κ2) is 7.68. The number of rotatable bonds is 5. The van der Waals surface area contributed by atoms with Gasteiger partial charge in [-0.15, -0.1) is 0 Å². The fourth-order valence-electron chi connectivity index (χ4n) is 3.53. The molecule has 1 N–H and O–H groups in total. The molecule has 0 radical (unpaired) electrons. The summed E-state index contributed by atoms with van der Waals surface area (Å²) in [5.74, 6) is 1.98. The number of hydrogen-bond donors (Lipinski definition) is 1. The lowest BCUT2D eigenvalue weighted by Crippen LogP contribution is -2.21. The highest BCUT2D eigenvalue weighted by atomic mass is 16.5. The van der Waals surface area contributed by atoms with E-state index in [9.17, 15) is 4.79 Å². The van der Waals surface area contributed by atoms with Gasteiger partial charge in [-0.2, -0.15) is 0 Å². The molecule has 2 aromatic carbocycles. The molecule has 1 aliphatic carbocycles. The highest BCUT2D eigenvalue weighted by Crippen LogP contribution is 2.38. The summed E-state index contributed by atoms with van der Waals surface area (Å²) in [6.07, 6.45) is 2.68. The zero-order valence-corrected chi connectivity index (χ0v) is 15.8. The summed E-state index contributed by atoms with van der Waals surface area (Å²) in [6, 6.07) is 15.4. The third kappa shape index (κ3) is 3.53. The molecule has 6 nitrogen and oxygen atoms in total. The normalized spacial score (nSPS) is 15.6. The topological polar surface area (TPSA) is 73.3 Å². The Balaban J connectivity index is 1.63. The van der Waals surface area contributed by atoms with Gasteiger partial charge in [-0.1, -0.05) is 24.3 Å². The Morgan fingerprint density at radius 3 is 2.61 bits per heavy atom. The number of nitrogens with zero attached hydrogens (tertiary/aromatic N) is 2. The van der Waals surface area contributed by atoms with Gasteiger partial charge in [-0.25, -0.2) is 9.97 Å². The number of methoxy groups -OCH3 is 2. The molecule has 4 rings (SSSR count). The Bertz CT molecular complexity index is 1010. The van der Waals surface area contributed by atoms with Crippen LogP contribution >= 0.6 is 0 Å². The third-order valence-electron chi connectivity index (χ3n) is 4.95. The number of hydrogen-bond acceptors (Lipinski definition) is 6. The minimum atomic E-state index is 0.000307. The van der Waals surface area contributed by atoms with Crippen molar-refractivity contribution in [1.29, 1.82) is 0 Å². The minimum absolute atomic E-state index is 0.000307. The molecule has 1 unspecified atom stereocenters. The van der Waals surface area contributed by atoms with Crippen molar-refractivity contribution in [2.24, 2.45) is 0 Å². The van der Waals surface area contributed by atoms with Crippen LogP contribution in [0.15, 0.2) is 54.7 Å². The van der Waals surface area contributed by atoms with Crippen molar-refractivity contribution in [2.75, 3.05) is 19.5 Å². The van der Waals surface area contributed by atoms with Gasteiger partial charge in [0.05, 0.1) is 25.5 Å². The summed E-state index contributed by atoms with van der Waals surface area (Å²) in [4.78, 5) is 21.6. The zero-order valence-electron chi connectivity index (χ0n) is 15.8. The highest BCUT2D eigenvalue weighted by molar-refractivity contribution is 5.98. The number of carbonyl (C=O) groups excluding carboxylic acids is 1. The number of anilines is 2. The molecule has 1 heterocycles. The van der Waals surface area contributed by atoms with Gasteiger partial charge in [0.1, 0.15) is 11.5 Å². The van der Waals surface area contributed by atoms with Crippen molar-refractivity contribution in [3.63, 3.8) is 0 Å². The van der Waals surface area contributed by atoms with E-state index in [1.54, 1.807) is 20.4 Å². The van der Waals surface area contributed by atoms with Crippen LogP contribution in [0.2, 0.25) is 0 Å². The summed E-state index contributed by atoms with van der Waals surface area (Å²) >= 11 is 0. The van der Waals surface area contributed by atoms with Crippen LogP contribution in [0.3, 0.4) is 0 Å². The first-order valence-electron chi connectivity index (χ1n) is 9.11. The summed E-state index contributed by atoms with van der Waals surface area (Å²) in [5.41, 5.74) is 3.24. The summed E-state index contributed by atoms with van der Waals surface area (Å²) in [6.45, 7) is 0. The van der Waals surface area contributed by atoms with E-state index in [1.807, 2.05) is 48.5 Å². The molecule has 3 aromatic rings. The molecule has 0 spiro atoms. The lowest BCUT2D eigenvalue weighted by molar-refractivity contribution is 0.0962. The van der Waals surface area contributed by atoms with Crippen LogP contribution in [0.5, 0.6) is 11.5 Å². The van der Waals surface area contributed by atoms with Crippen LogP contribution < -0.4 is 14.8 Å². The van der Waals surface area contributed by atoms with E-state index in [-0.39, 0.29) is 11.7 Å². The van der Waals surface area contributed by atoms with Gasteiger partial charge < -0.3 is 14.8 Å². The quantitative estimate of drug-likeness (QED) is 0.722. The molecule has 0 aliphatic heterocycles. The second-order valence-corrected chi connectivity index (χ2v) is 6.68. The first-order chi connectivity index (χ1) is 13.7. The Kier molecular flexibility index (Phi) is 4.93. The van der Waals surface area contributed by atoms with Gasteiger partial charge >= 0.3 is 0 Å². The molecule has 0 saturated carbocycles. The predicted molar refractivity (Wildman–Crippen MR) is 107 cm³/mol. The van der Waals surface area contributed by atoms with Gasteiger partial charge in [-0.3, -0.25) is 4.79 Å². The molecular formula is C22H21N3O3. The number of benzene rings is 2. The van der Waals surface area contributed by atoms with E-state index in [4.69, 9.17) is 9.47 Å². The SMILES string of the molecule is COc1ccc(C2CC(=O)c3cnc(Nc4ccccc4)nc3C2)c(OC)c1. The molecule has 0 fully saturated rings. The molecule has 142 valence electrons. The first kappa shape index (κ1) is 18.0. The molecule has 1 aromatic heterocycles. The molecule has 28 heavy (non-hydrogen) atoms. The molecule has 1 aliphatic rings. The van der Waals surface area contributed by atoms with Gasteiger partial charge in [-0.05, 0) is 30.2 Å². The number of carbonyl (C=O) groups is 1. The van der Waals surface area contributed by atoms with Crippen molar-refractivity contribution >= 4 is 17.4 Å². The lowest BCUT2D eigenvalue weighted by atomic mass is 9.82. The van der Waals surface area contributed by atoms with E-state index < -0.39 is 0 Å². The molecule has 6 heteroatoms. The van der Waals surface area contributed by atoms with Crippen molar-refractivity contribution < 1.29 is 14.3 Å². The summed E-state index contributed by atoms with van der Waals surface area (Å²) in [5, 5.41) is 3.19. The second-order valence-electron chi connectivity index (χ2n) is 6.68. The standard InChI is InChI=1S/C22H21N3O3/c1-27-16-8-9-17(21(12-16)28-2)14-10-19-18(20(26)11-14)13-23-22(25-19)24-15-6-4-3-5-7-15/h3-9,12-14H,10-11H2,1-2H3,(H,23,24,25). The summed E-state index contributed by atoms with van der Waals surface area (Å²) in [7, 11) is 3.24. The Morgan fingerprint density at radius 1 is 1.04 bits per heavy atom. The van der Waals surface area contributed by atoms with E-state index in [0.717, 1.165) is 28.4 Å². The Labute approximate surface area is 163 Å². The molecule has 1 atom stereocenters. The van der Waals surface area contributed by atoms with E-state index >= 15 is 0 Å². The predicted octanol–water partition coefficient (Wildman–Crippen LogP) is 4.15. The summed E-state index contributed by atoms with van der Waals surface area (Å²) < 4.78 is 10.8. The fraction of sp³-hybridized carbons (Fsp3) is 0.227. The van der Waals surface area contributed by atoms with Crippen LogP contribution in [-0.2, 0) is 6.42 Å². The Hall–Kier alpha value is -3.41. The highest BCUT2D eigenvalue weighted by Gasteiger charge is 2.30. The number of para-hydroxylation sites is 1. The van der Waals surface area contributed by atoms with Crippen LogP contribution in [0.1, 0.15) is 34.0 Å². The third-order valence-corrected chi connectivity index (χ3v) is 4.95. The maximum Gasteiger partial charge on any atom is 0.227 e. The fourth-order valence-corrected chi connectivity index (χ4v) is 3.53. The number of ether oxygens (including phenoxy) is 2. The van der Waals surface area contributed by atoms with E-state index in [1.165, 1.54) is 0 Å². The van der Waals surface area contributed by atoms with Gasteiger partial charge in [0, 0.05) is 30.3 Å². The maximum atomic E-state index is 12.7. The average molecular weight is 375 g/mol. The van der Waals surface area contributed by atoms with Crippen LogP contribution in [0.25, 0.3) is 0 Å². The van der Waals surface area contributed by atoms with Crippen LogP contribution in [0.4, 0.5) is 11.6 Å². The number of aromatic nitrogens is 2.